The molecule has 0 fully saturated rings. The van der Waals surface area contributed by atoms with Crippen LogP contribution in [0.2, 0.25) is 0 Å². The van der Waals surface area contributed by atoms with E-state index in [1.807, 2.05) is 20.9 Å². The highest BCUT2D eigenvalue weighted by Gasteiger charge is 2.10. The summed E-state index contributed by atoms with van der Waals surface area (Å²) in [5.74, 6) is 0.592. The molecule has 0 aliphatic carbocycles. The minimum Gasteiger partial charge on any atom is -0.406 e. The predicted octanol–water partition coefficient (Wildman–Crippen LogP) is 1.19. The van der Waals surface area contributed by atoms with E-state index in [4.69, 9.17) is 9.15 Å². The summed E-state index contributed by atoms with van der Waals surface area (Å²) in [6.07, 6.45) is 0.924. The van der Waals surface area contributed by atoms with E-state index >= 15 is 0 Å². The van der Waals surface area contributed by atoms with Crippen LogP contribution in [0, 0.1) is 0 Å². The average Bonchev–Trinajstić information content (AvgIpc) is 2.76. The van der Waals surface area contributed by atoms with Gasteiger partial charge >= 0.3 is 6.01 Å². The van der Waals surface area contributed by atoms with E-state index in [0.717, 1.165) is 26.2 Å². The van der Waals surface area contributed by atoms with Gasteiger partial charge in [-0.25, -0.2) is 0 Å². The van der Waals surface area contributed by atoms with Crippen molar-refractivity contribution >= 4 is 6.01 Å². The molecule has 1 aromatic rings. The first-order chi connectivity index (χ1) is 7.77. The van der Waals surface area contributed by atoms with E-state index in [1.165, 1.54) is 0 Å². The zero-order valence-electron chi connectivity index (χ0n) is 10.1. The molecule has 1 aromatic heterocycles. The minimum absolute atomic E-state index is 0.0754. The maximum Gasteiger partial charge on any atom is 0.315 e. The van der Waals surface area contributed by atoms with Crippen molar-refractivity contribution in [2.75, 3.05) is 32.1 Å². The monoisotopic (exact) mass is 228 g/mol. The van der Waals surface area contributed by atoms with Gasteiger partial charge in [-0.05, 0) is 27.3 Å². The molecule has 0 aromatic carbocycles. The van der Waals surface area contributed by atoms with E-state index in [0.29, 0.717) is 11.9 Å². The predicted molar refractivity (Wildman–Crippen MR) is 61.4 cm³/mol. The summed E-state index contributed by atoms with van der Waals surface area (Å²) in [5, 5.41) is 13.9. The van der Waals surface area contributed by atoms with E-state index < -0.39 is 0 Å². The SMILES string of the molecule is CCOCCCNc1nnc(C(C)NC)o1. The van der Waals surface area contributed by atoms with Gasteiger partial charge in [0.25, 0.3) is 0 Å². The number of hydrogen-bond acceptors (Lipinski definition) is 6. The van der Waals surface area contributed by atoms with Crippen molar-refractivity contribution < 1.29 is 9.15 Å². The van der Waals surface area contributed by atoms with Gasteiger partial charge in [0.15, 0.2) is 0 Å². The lowest BCUT2D eigenvalue weighted by molar-refractivity contribution is 0.147. The summed E-state index contributed by atoms with van der Waals surface area (Å²) in [5.41, 5.74) is 0. The Kier molecular flexibility index (Phi) is 5.81. The Morgan fingerprint density at radius 2 is 2.25 bits per heavy atom. The van der Waals surface area contributed by atoms with Crippen LogP contribution < -0.4 is 10.6 Å². The molecule has 2 N–H and O–H groups in total. The molecule has 1 rings (SSSR count). The highest BCUT2D eigenvalue weighted by molar-refractivity contribution is 5.16. The Morgan fingerprint density at radius 1 is 1.44 bits per heavy atom. The van der Waals surface area contributed by atoms with Crippen molar-refractivity contribution in [3.05, 3.63) is 5.89 Å². The number of hydrogen-bond donors (Lipinski definition) is 2. The molecule has 0 aliphatic rings. The van der Waals surface area contributed by atoms with Crippen molar-refractivity contribution in [3.8, 4) is 0 Å². The summed E-state index contributed by atoms with van der Waals surface area (Å²) < 4.78 is 10.6. The molecule has 6 heteroatoms. The molecule has 0 amide bonds. The quantitative estimate of drug-likeness (QED) is 0.651. The van der Waals surface area contributed by atoms with Gasteiger partial charge in [0.1, 0.15) is 0 Å². The first-order valence-electron chi connectivity index (χ1n) is 5.60. The van der Waals surface area contributed by atoms with Crippen LogP contribution >= 0.6 is 0 Å². The standard InChI is InChI=1S/C10H20N4O2/c1-4-15-7-5-6-12-10-14-13-9(16-10)8(2)11-3/h8,11H,4-7H2,1-3H3,(H,12,14). The lowest BCUT2D eigenvalue weighted by Gasteiger charge is -2.03. The van der Waals surface area contributed by atoms with Gasteiger partial charge in [-0.3, -0.25) is 0 Å². The molecule has 1 atom stereocenters. The van der Waals surface area contributed by atoms with Gasteiger partial charge in [-0.1, -0.05) is 5.10 Å². The van der Waals surface area contributed by atoms with Crippen LogP contribution in [0.15, 0.2) is 4.42 Å². The Bertz CT molecular complexity index is 290. The minimum atomic E-state index is 0.0754. The topological polar surface area (TPSA) is 72.2 Å². The summed E-state index contributed by atoms with van der Waals surface area (Å²) in [6.45, 7) is 6.22. The number of ether oxygens (including phenoxy) is 1. The lowest BCUT2D eigenvalue weighted by atomic mass is 10.3. The molecule has 1 unspecified atom stereocenters. The van der Waals surface area contributed by atoms with E-state index in [2.05, 4.69) is 20.8 Å². The second kappa shape index (κ2) is 7.19. The third-order valence-corrected chi connectivity index (χ3v) is 2.19. The first kappa shape index (κ1) is 12.9. The van der Waals surface area contributed by atoms with Gasteiger partial charge in [0.05, 0.1) is 6.04 Å². The van der Waals surface area contributed by atoms with E-state index in [1.54, 1.807) is 0 Å². The summed E-state index contributed by atoms with van der Waals surface area (Å²) >= 11 is 0. The van der Waals surface area contributed by atoms with Crippen LogP contribution in [-0.4, -0.2) is 37.0 Å². The first-order valence-corrected chi connectivity index (χ1v) is 5.60. The molecule has 0 saturated heterocycles. The molecule has 16 heavy (non-hydrogen) atoms. The van der Waals surface area contributed by atoms with E-state index in [-0.39, 0.29) is 6.04 Å². The summed E-state index contributed by atoms with van der Waals surface area (Å²) in [6, 6.07) is 0.542. The number of nitrogens with zero attached hydrogens (tertiary/aromatic N) is 2. The number of nitrogens with one attached hydrogen (secondary N) is 2. The molecule has 6 nitrogen and oxygen atoms in total. The summed E-state index contributed by atoms with van der Waals surface area (Å²) in [4.78, 5) is 0. The van der Waals surface area contributed by atoms with Crippen LogP contribution in [-0.2, 0) is 4.74 Å². The Labute approximate surface area is 95.8 Å². The van der Waals surface area contributed by atoms with Gasteiger partial charge in [0.2, 0.25) is 5.89 Å². The number of aromatic nitrogens is 2. The lowest BCUT2D eigenvalue weighted by Crippen LogP contribution is -2.12. The van der Waals surface area contributed by atoms with Crippen LogP contribution in [0.1, 0.15) is 32.2 Å². The smallest absolute Gasteiger partial charge is 0.315 e. The fourth-order valence-corrected chi connectivity index (χ4v) is 1.12. The molecule has 0 spiro atoms. The van der Waals surface area contributed by atoms with Gasteiger partial charge in [0, 0.05) is 19.8 Å². The normalized spacial score (nSPS) is 12.7. The van der Waals surface area contributed by atoms with Crippen molar-refractivity contribution in [2.45, 2.75) is 26.3 Å². The average molecular weight is 228 g/mol. The molecule has 0 saturated carbocycles. The second-order valence-corrected chi connectivity index (χ2v) is 3.43. The van der Waals surface area contributed by atoms with Crippen molar-refractivity contribution in [3.63, 3.8) is 0 Å². The molecule has 1 heterocycles. The fraction of sp³-hybridized carbons (Fsp3) is 0.800. The Hall–Kier alpha value is -1.14. The molecule has 0 radical (unpaired) electrons. The largest absolute Gasteiger partial charge is 0.406 e. The molecular formula is C10H20N4O2. The van der Waals surface area contributed by atoms with Gasteiger partial charge < -0.3 is 19.8 Å². The van der Waals surface area contributed by atoms with Crippen LogP contribution in [0.3, 0.4) is 0 Å². The van der Waals surface area contributed by atoms with Crippen molar-refractivity contribution in [1.29, 1.82) is 0 Å². The molecule has 0 aliphatic heterocycles. The maximum absolute atomic E-state index is 5.41. The van der Waals surface area contributed by atoms with E-state index in [9.17, 15) is 0 Å². The van der Waals surface area contributed by atoms with Gasteiger partial charge in [-0.15, -0.1) is 5.10 Å². The van der Waals surface area contributed by atoms with Crippen LogP contribution in [0.25, 0.3) is 0 Å². The molecule has 0 bridgehead atoms. The second-order valence-electron chi connectivity index (χ2n) is 3.43. The highest BCUT2D eigenvalue weighted by Crippen LogP contribution is 2.12. The fourth-order valence-electron chi connectivity index (χ4n) is 1.12. The molecule has 92 valence electrons. The third kappa shape index (κ3) is 4.16. The summed E-state index contributed by atoms with van der Waals surface area (Å²) in [7, 11) is 1.85. The van der Waals surface area contributed by atoms with Crippen LogP contribution in [0.4, 0.5) is 6.01 Å². The Morgan fingerprint density at radius 3 is 2.94 bits per heavy atom. The number of rotatable bonds is 8. The van der Waals surface area contributed by atoms with Crippen molar-refractivity contribution in [1.82, 2.24) is 15.5 Å². The van der Waals surface area contributed by atoms with Crippen LogP contribution in [0.5, 0.6) is 0 Å². The zero-order chi connectivity index (χ0) is 11.8. The third-order valence-electron chi connectivity index (χ3n) is 2.19. The highest BCUT2D eigenvalue weighted by atomic mass is 16.5. The Balaban J connectivity index is 2.24. The van der Waals surface area contributed by atoms with Crippen molar-refractivity contribution in [2.24, 2.45) is 0 Å². The molecular weight excluding hydrogens is 208 g/mol. The zero-order valence-corrected chi connectivity index (χ0v) is 10.1. The maximum atomic E-state index is 5.41. The van der Waals surface area contributed by atoms with Gasteiger partial charge in [-0.2, -0.15) is 0 Å². The number of anilines is 1.